The molecule has 1 aromatic carbocycles. The third-order valence-corrected chi connectivity index (χ3v) is 6.25. The van der Waals surface area contributed by atoms with E-state index in [9.17, 15) is 8.42 Å². The number of hydrogen-bond acceptors (Lipinski definition) is 3. The average Bonchev–Trinajstić information content (AvgIpc) is 2.47. The van der Waals surface area contributed by atoms with Crippen LogP contribution in [0.4, 0.5) is 0 Å². The molecule has 0 radical (unpaired) electrons. The van der Waals surface area contributed by atoms with Gasteiger partial charge in [0.05, 0.1) is 5.25 Å². The average molecular weight is 309 g/mol. The van der Waals surface area contributed by atoms with Gasteiger partial charge in [-0.3, -0.25) is 0 Å². The molecule has 118 valence electrons. The molecule has 0 saturated heterocycles. The summed E-state index contributed by atoms with van der Waals surface area (Å²) in [6.45, 7) is 3.05. The SMILES string of the molecule is CCNC(Cc1ccccc1)C1CCCC(S(C)(=O)=O)C1. The van der Waals surface area contributed by atoms with Gasteiger partial charge in [-0.2, -0.15) is 0 Å². The Hall–Kier alpha value is -0.870. The highest BCUT2D eigenvalue weighted by molar-refractivity contribution is 7.91. The molecule has 21 heavy (non-hydrogen) atoms. The first-order valence-electron chi connectivity index (χ1n) is 7.97. The van der Waals surface area contributed by atoms with E-state index in [0.717, 1.165) is 38.6 Å². The van der Waals surface area contributed by atoms with E-state index in [0.29, 0.717) is 12.0 Å². The van der Waals surface area contributed by atoms with Gasteiger partial charge < -0.3 is 5.32 Å². The molecule has 4 heteroatoms. The largest absolute Gasteiger partial charge is 0.314 e. The summed E-state index contributed by atoms with van der Waals surface area (Å²) in [5.41, 5.74) is 1.32. The summed E-state index contributed by atoms with van der Waals surface area (Å²) in [5.74, 6) is 0.457. The third-order valence-electron chi connectivity index (χ3n) is 4.61. The highest BCUT2D eigenvalue weighted by Gasteiger charge is 2.32. The van der Waals surface area contributed by atoms with Crippen LogP contribution >= 0.6 is 0 Å². The van der Waals surface area contributed by atoms with E-state index >= 15 is 0 Å². The second-order valence-electron chi connectivity index (χ2n) is 6.23. The summed E-state index contributed by atoms with van der Waals surface area (Å²) in [5, 5.41) is 3.43. The van der Waals surface area contributed by atoms with E-state index in [1.165, 1.54) is 11.8 Å². The lowest BCUT2D eigenvalue weighted by Crippen LogP contribution is -2.42. The highest BCUT2D eigenvalue weighted by Crippen LogP contribution is 2.31. The molecule has 1 fully saturated rings. The van der Waals surface area contributed by atoms with Crippen LogP contribution in [-0.2, 0) is 16.3 Å². The zero-order chi connectivity index (χ0) is 15.3. The van der Waals surface area contributed by atoms with Crippen LogP contribution in [0.3, 0.4) is 0 Å². The van der Waals surface area contributed by atoms with Gasteiger partial charge in [-0.15, -0.1) is 0 Å². The minimum Gasteiger partial charge on any atom is -0.314 e. The number of benzene rings is 1. The molecule has 1 saturated carbocycles. The number of sulfone groups is 1. The number of rotatable bonds is 6. The molecule has 3 unspecified atom stereocenters. The van der Waals surface area contributed by atoms with Crippen LogP contribution < -0.4 is 5.32 Å². The Morgan fingerprint density at radius 2 is 1.95 bits per heavy atom. The molecule has 1 aromatic rings. The Labute approximate surface area is 129 Å². The Morgan fingerprint density at radius 1 is 1.24 bits per heavy atom. The topological polar surface area (TPSA) is 46.2 Å². The summed E-state index contributed by atoms with van der Waals surface area (Å²) in [6.07, 6.45) is 6.17. The van der Waals surface area contributed by atoms with Crippen LogP contribution in [0, 0.1) is 5.92 Å². The van der Waals surface area contributed by atoms with E-state index in [4.69, 9.17) is 0 Å². The van der Waals surface area contributed by atoms with Crippen molar-refractivity contribution in [3.8, 4) is 0 Å². The first-order chi connectivity index (χ1) is 10.0. The molecule has 0 bridgehead atoms. The van der Waals surface area contributed by atoms with E-state index in [1.807, 2.05) is 6.07 Å². The predicted octanol–water partition coefficient (Wildman–Crippen LogP) is 2.81. The molecule has 0 aromatic heterocycles. The zero-order valence-corrected chi connectivity index (χ0v) is 13.9. The Morgan fingerprint density at radius 3 is 2.57 bits per heavy atom. The van der Waals surface area contributed by atoms with Crippen molar-refractivity contribution in [2.24, 2.45) is 5.92 Å². The number of nitrogens with one attached hydrogen (secondary N) is 1. The van der Waals surface area contributed by atoms with Crippen molar-refractivity contribution in [3.05, 3.63) is 35.9 Å². The molecule has 3 nitrogen and oxygen atoms in total. The van der Waals surface area contributed by atoms with Crippen LogP contribution in [0.25, 0.3) is 0 Å². The molecular weight excluding hydrogens is 282 g/mol. The minimum absolute atomic E-state index is 0.145. The van der Waals surface area contributed by atoms with Crippen molar-refractivity contribution >= 4 is 9.84 Å². The van der Waals surface area contributed by atoms with Gasteiger partial charge in [-0.25, -0.2) is 8.42 Å². The van der Waals surface area contributed by atoms with Crippen LogP contribution in [0.2, 0.25) is 0 Å². The summed E-state index contributed by atoms with van der Waals surface area (Å²) >= 11 is 0. The lowest BCUT2D eigenvalue weighted by Gasteiger charge is -2.34. The molecule has 1 aliphatic carbocycles. The monoisotopic (exact) mass is 309 g/mol. The van der Waals surface area contributed by atoms with Crippen LogP contribution in [0.5, 0.6) is 0 Å². The fraction of sp³-hybridized carbons (Fsp3) is 0.647. The summed E-state index contributed by atoms with van der Waals surface area (Å²) in [4.78, 5) is 0. The molecule has 0 aliphatic heterocycles. The van der Waals surface area contributed by atoms with Gasteiger partial charge in [0.15, 0.2) is 0 Å². The van der Waals surface area contributed by atoms with Gasteiger partial charge in [-0.05, 0) is 43.7 Å². The molecule has 1 N–H and O–H groups in total. The second-order valence-corrected chi connectivity index (χ2v) is 8.56. The van der Waals surface area contributed by atoms with Crippen molar-refractivity contribution in [2.75, 3.05) is 12.8 Å². The fourth-order valence-electron chi connectivity index (χ4n) is 3.47. The summed E-state index contributed by atoms with van der Waals surface area (Å²) in [6, 6.07) is 10.9. The minimum atomic E-state index is -2.91. The highest BCUT2D eigenvalue weighted by atomic mass is 32.2. The van der Waals surface area contributed by atoms with Crippen molar-refractivity contribution in [1.82, 2.24) is 5.32 Å². The molecule has 2 rings (SSSR count). The maximum atomic E-state index is 11.9. The Kier molecular flexibility index (Phi) is 5.82. The Bertz CT molecular complexity index is 527. The first kappa shape index (κ1) is 16.5. The first-order valence-corrected chi connectivity index (χ1v) is 9.92. The van der Waals surface area contributed by atoms with Crippen molar-refractivity contribution in [1.29, 1.82) is 0 Å². The van der Waals surface area contributed by atoms with Gasteiger partial charge in [0.2, 0.25) is 0 Å². The predicted molar refractivity (Wildman–Crippen MR) is 88.2 cm³/mol. The van der Waals surface area contributed by atoms with E-state index in [1.54, 1.807) is 0 Å². The van der Waals surface area contributed by atoms with E-state index < -0.39 is 9.84 Å². The molecular formula is C17H27NO2S. The lowest BCUT2D eigenvalue weighted by atomic mass is 9.81. The van der Waals surface area contributed by atoms with Gasteiger partial charge in [0.25, 0.3) is 0 Å². The fourth-order valence-corrected chi connectivity index (χ4v) is 4.66. The van der Waals surface area contributed by atoms with Crippen molar-refractivity contribution < 1.29 is 8.42 Å². The maximum Gasteiger partial charge on any atom is 0.150 e. The van der Waals surface area contributed by atoms with Crippen LogP contribution in [0.1, 0.15) is 38.2 Å². The van der Waals surface area contributed by atoms with E-state index in [-0.39, 0.29) is 5.25 Å². The van der Waals surface area contributed by atoms with Crippen LogP contribution in [0.15, 0.2) is 30.3 Å². The molecule has 1 aliphatic rings. The summed E-state index contributed by atoms with van der Waals surface area (Å²) < 4.78 is 23.7. The zero-order valence-electron chi connectivity index (χ0n) is 13.1. The molecule has 0 spiro atoms. The molecule has 0 heterocycles. The Balaban J connectivity index is 2.07. The van der Waals surface area contributed by atoms with Crippen molar-refractivity contribution in [3.63, 3.8) is 0 Å². The quantitative estimate of drug-likeness (QED) is 0.879. The second kappa shape index (κ2) is 7.41. The number of hydrogen-bond donors (Lipinski definition) is 1. The molecule has 3 atom stereocenters. The van der Waals surface area contributed by atoms with Gasteiger partial charge in [0.1, 0.15) is 9.84 Å². The standard InChI is InChI=1S/C17H27NO2S/c1-3-18-17(12-14-8-5-4-6-9-14)15-10-7-11-16(13-15)21(2,19)20/h4-6,8-9,15-18H,3,7,10-13H2,1-2H3. The number of likely N-dealkylation sites (N-methyl/N-ethyl adjacent to an activating group) is 1. The van der Waals surface area contributed by atoms with Crippen LogP contribution in [-0.4, -0.2) is 32.5 Å². The summed E-state index contributed by atoms with van der Waals surface area (Å²) in [7, 11) is -2.91. The smallest absolute Gasteiger partial charge is 0.150 e. The third kappa shape index (κ3) is 4.82. The van der Waals surface area contributed by atoms with Gasteiger partial charge >= 0.3 is 0 Å². The normalized spacial score (nSPS) is 24.7. The lowest BCUT2D eigenvalue weighted by molar-refractivity contribution is 0.270. The van der Waals surface area contributed by atoms with Gasteiger partial charge in [-0.1, -0.05) is 43.7 Å². The van der Waals surface area contributed by atoms with Gasteiger partial charge in [0, 0.05) is 12.3 Å². The molecule has 0 amide bonds. The van der Waals surface area contributed by atoms with Crippen molar-refractivity contribution in [2.45, 2.75) is 50.3 Å². The maximum absolute atomic E-state index is 11.9. The van der Waals surface area contributed by atoms with E-state index in [2.05, 4.69) is 36.5 Å².